The number of hydrogen-bond donors (Lipinski definition) is 1. The van der Waals surface area contributed by atoms with E-state index in [2.05, 4.69) is 143 Å². The van der Waals surface area contributed by atoms with Crippen LogP contribution >= 0.6 is 0 Å². The minimum Gasteiger partial charge on any atom is -0.507 e. The zero-order valence-electron chi connectivity index (χ0n) is 27.6. The molecular formula is C46H32N4O. The van der Waals surface area contributed by atoms with Crippen LogP contribution in [0.2, 0.25) is 0 Å². The number of phenols is 1. The lowest BCUT2D eigenvalue weighted by Crippen LogP contribution is -2.12. The lowest BCUT2D eigenvalue weighted by atomic mass is 10.0. The summed E-state index contributed by atoms with van der Waals surface area (Å²) in [6, 6.07) is 61.9. The summed E-state index contributed by atoms with van der Waals surface area (Å²) in [4.78, 5) is 12.2. The number of phenolic OH excluding ortho intramolecular Hbond substituents is 1. The maximum Gasteiger partial charge on any atom is 0.137 e. The Morgan fingerprint density at radius 3 is 1.86 bits per heavy atom. The molecule has 0 saturated carbocycles. The van der Waals surface area contributed by atoms with Gasteiger partial charge in [-0.05, 0) is 72.3 Å². The number of anilines is 3. The zero-order valence-corrected chi connectivity index (χ0v) is 27.6. The number of pyridine rings is 2. The summed E-state index contributed by atoms with van der Waals surface area (Å²) in [6.45, 7) is 0. The summed E-state index contributed by atoms with van der Waals surface area (Å²) in [5.74, 6) is 0.989. The van der Waals surface area contributed by atoms with Crippen molar-refractivity contribution in [1.82, 2.24) is 14.5 Å². The minimum absolute atomic E-state index is 0.183. The van der Waals surface area contributed by atoms with Crippen LogP contribution in [0, 0.1) is 0 Å². The second kappa shape index (κ2) is 12.8. The highest BCUT2D eigenvalue weighted by atomic mass is 16.3. The van der Waals surface area contributed by atoms with E-state index in [0.29, 0.717) is 11.3 Å². The molecule has 0 saturated heterocycles. The fourth-order valence-corrected chi connectivity index (χ4v) is 7.04. The fraction of sp³-hybridized carbons (Fsp3) is 0. The van der Waals surface area contributed by atoms with Gasteiger partial charge in [0.05, 0.1) is 33.8 Å². The van der Waals surface area contributed by atoms with E-state index < -0.39 is 0 Å². The van der Waals surface area contributed by atoms with Crippen LogP contribution in [-0.4, -0.2) is 19.6 Å². The van der Waals surface area contributed by atoms with Crippen molar-refractivity contribution in [3.63, 3.8) is 0 Å². The number of fused-ring (bicyclic) bond motifs is 3. The summed E-state index contributed by atoms with van der Waals surface area (Å²) < 4.78 is 2.29. The molecule has 3 heterocycles. The third kappa shape index (κ3) is 5.47. The van der Waals surface area contributed by atoms with Crippen LogP contribution in [0.15, 0.2) is 188 Å². The number of rotatable bonds is 7. The van der Waals surface area contributed by atoms with E-state index in [0.717, 1.165) is 56.3 Å². The van der Waals surface area contributed by atoms with Gasteiger partial charge in [0.2, 0.25) is 0 Å². The molecule has 0 fully saturated rings. The second-order valence-electron chi connectivity index (χ2n) is 12.4. The van der Waals surface area contributed by atoms with Crippen molar-refractivity contribution < 1.29 is 5.11 Å². The summed E-state index contributed by atoms with van der Waals surface area (Å²) in [7, 11) is 0. The molecule has 1 N–H and O–H groups in total. The van der Waals surface area contributed by atoms with Gasteiger partial charge >= 0.3 is 0 Å². The van der Waals surface area contributed by atoms with E-state index in [9.17, 15) is 5.11 Å². The molecule has 51 heavy (non-hydrogen) atoms. The van der Waals surface area contributed by atoms with Gasteiger partial charge in [-0.25, -0.2) is 9.97 Å². The Kier molecular flexibility index (Phi) is 7.56. The van der Waals surface area contributed by atoms with Crippen molar-refractivity contribution in [1.29, 1.82) is 0 Å². The average Bonchev–Trinajstić information content (AvgIpc) is 3.54. The Morgan fingerprint density at radius 1 is 0.490 bits per heavy atom. The van der Waals surface area contributed by atoms with Crippen molar-refractivity contribution in [2.45, 2.75) is 0 Å². The molecular weight excluding hydrogens is 625 g/mol. The Hall–Kier alpha value is -6.98. The van der Waals surface area contributed by atoms with Crippen LogP contribution in [0.25, 0.3) is 61.1 Å². The molecule has 0 aliphatic rings. The molecule has 5 heteroatoms. The van der Waals surface area contributed by atoms with Gasteiger partial charge in [0, 0.05) is 39.3 Å². The number of nitrogens with zero attached hydrogens (tertiary/aromatic N) is 4. The molecule has 0 aliphatic carbocycles. The van der Waals surface area contributed by atoms with Gasteiger partial charge in [-0.1, -0.05) is 115 Å². The number of aromatic hydroxyl groups is 1. The van der Waals surface area contributed by atoms with E-state index in [4.69, 9.17) is 9.97 Å². The van der Waals surface area contributed by atoms with Crippen LogP contribution in [-0.2, 0) is 0 Å². The quantitative estimate of drug-likeness (QED) is 0.185. The van der Waals surface area contributed by atoms with E-state index in [1.807, 2.05) is 48.7 Å². The molecule has 0 unspecified atom stereocenters. The molecule has 0 bridgehead atoms. The summed E-state index contributed by atoms with van der Waals surface area (Å²) in [5, 5.41) is 13.4. The van der Waals surface area contributed by atoms with E-state index in [1.165, 1.54) is 10.8 Å². The highest BCUT2D eigenvalue weighted by molar-refractivity contribution is 6.09. The van der Waals surface area contributed by atoms with E-state index >= 15 is 0 Å². The molecule has 0 spiro atoms. The second-order valence-corrected chi connectivity index (χ2v) is 12.4. The molecule has 9 aromatic rings. The lowest BCUT2D eigenvalue weighted by Gasteiger charge is -2.27. The highest BCUT2D eigenvalue weighted by Crippen LogP contribution is 2.42. The molecule has 242 valence electrons. The summed E-state index contributed by atoms with van der Waals surface area (Å²) in [5.41, 5.74) is 10.4. The highest BCUT2D eigenvalue weighted by Gasteiger charge is 2.20. The molecule has 0 atom stereocenters. The van der Waals surface area contributed by atoms with Crippen LogP contribution in [0.1, 0.15) is 0 Å². The van der Waals surface area contributed by atoms with E-state index in [1.54, 1.807) is 6.07 Å². The first-order valence-electron chi connectivity index (χ1n) is 17.0. The molecule has 3 aromatic heterocycles. The predicted molar refractivity (Wildman–Crippen MR) is 209 cm³/mol. The van der Waals surface area contributed by atoms with Gasteiger partial charge < -0.3 is 9.67 Å². The normalized spacial score (nSPS) is 11.2. The average molecular weight is 657 g/mol. The Morgan fingerprint density at radius 2 is 1.12 bits per heavy atom. The maximum absolute atomic E-state index is 11.0. The zero-order chi connectivity index (χ0) is 34.1. The van der Waals surface area contributed by atoms with Crippen LogP contribution in [0.3, 0.4) is 0 Å². The Labute approximate surface area is 296 Å². The third-order valence-electron chi connectivity index (χ3n) is 9.34. The Bertz CT molecular complexity index is 2610. The van der Waals surface area contributed by atoms with Crippen molar-refractivity contribution in [2.24, 2.45) is 0 Å². The first-order valence-corrected chi connectivity index (χ1v) is 17.0. The molecule has 0 aliphatic heterocycles. The van der Waals surface area contributed by atoms with Crippen molar-refractivity contribution in [2.75, 3.05) is 4.90 Å². The van der Waals surface area contributed by atoms with Crippen molar-refractivity contribution in [3.05, 3.63) is 188 Å². The van der Waals surface area contributed by atoms with Gasteiger partial charge in [-0.15, -0.1) is 0 Å². The predicted octanol–water partition coefficient (Wildman–Crippen LogP) is 11.8. The van der Waals surface area contributed by atoms with Gasteiger partial charge in [-0.2, -0.15) is 0 Å². The van der Waals surface area contributed by atoms with Gasteiger partial charge in [0.15, 0.2) is 0 Å². The maximum atomic E-state index is 11.0. The number of benzene rings is 6. The van der Waals surface area contributed by atoms with E-state index in [-0.39, 0.29) is 5.75 Å². The first-order chi connectivity index (χ1) is 25.2. The lowest BCUT2D eigenvalue weighted by molar-refractivity contribution is 0.477. The van der Waals surface area contributed by atoms with Crippen LogP contribution in [0.4, 0.5) is 17.2 Å². The third-order valence-corrected chi connectivity index (χ3v) is 9.34. The van der Waals surface area contributed by atoms with Gasteiger partial charge in [0.25, 0.3) is 0 Å². The van der Waals surface area contributed by atoms with Crippen molar-refractivity contribution in [3.8, 4) is 45.1 Å². The first kappa shape index (κ1) is 30.1. The molecule has 9 rings (SSSR count). The van der Waals surface area contributed by atoms with Crippen LogP contribution < -0.4 is 4.90 Å². The van der Waals surface area contributed by atoms with Gasteiger partial charge in [0.1, 0.15) is 11.6 Å². The van der Waals surface area contributed by atoms with Gasteiger partial charge in [-0.3, -0.25) is 4.90 Å². The minimum atomic E-state index is 0.183. The summed E-state index contributed by atoms with van der Waals surface area (Å²) in [6.07, 6.45) is 1.83. The Balaban J connectivity index is 1.27. The van der Waals surface area contributed by atoms with Crippen LogP contribution in [0.5, 0.6) is 5.75 Å². The standard InChI is InChI=1S/C46H32N4O/c51-45-26-11-7-22-39(45)41-31-35(49-43-24-9-5-20-37(43)38-21-6-10-25-44(38)49)30-40(48-41)33-17-14-18-34(29-33)50(46-27-12-13-28-47-46)42-23-8-4-19-36(42)32-15-2-1-3-16-32/h1-31,51H. The largest absolute Gasteiger partial charge is 0.507 e. The smallest absolute Gasteiger partial charge is 0.137 e. The fourth-order valence-electron chi connectivity index (χ4n) is 7.04. The topological polar surface area (TPSA) is 54.2 Å². The monoisotopic (exact) mass is 656 g/mol. The molecule has 6 aromatic carbocycles. The van der Waals surface area contributed by atoms with Crippen molar-refractivity contribution >= 4 is 39.0 Å². The molecule has 0 amide bonds. The number of hydrogen-bond acceptors (Lipinski definition) is 4. The number of aromatic nitrogens is 3. The molecule has 5 nitrogen and oxygen atoms in total. The SMILES string of the molecule is Oc1ccccc1-c1cc(-n2c3ccccc3c3ccccc32)cc(-c2cccc(N(c3ccccn3)c3ccccc3-c3ccccc3)c2)n1. The summed E-state index contributed by atoms with van der Waals surface area (Å²) >= 11 is 0. The number of para-hydroxylation sites is 4. The molecule has 0 radical (unpaired) electrons.